The maximum absolute atomic E-state index is 12.0. The maximum Gasteiger partial charge on any atom is 0.249 e. The number of benzene rings is 1. The molecule has 29 heavy (non-hydrogen) atoms. The van der Waals surface area contributed by atoms with Gasteiger partial charge in [-0.15, -0.1) is 5.10 Å². The van der Waals surface area contributed by atoms with E-state index in [4.69, 9.17) is 4.74 Å². The van der Waals surface area contributed by atoms with Gasteiger partial charge in [0, 0.05) is 17.5 Å². The van der Waals surface area contributed by atoms with Gasteiger partial charge in [-0.2, -0.15) is 4.98 Å². The summed E-state index contributed by atoms with van der Waals surface area (Å²) in [7, 11) is 0. The summed E-state index contributed by atoms with van der Waals surface area (Å²) in [4.78, 5) is 19.5. The topological polar surface area (TPSA) is 82.7 Å². The van der Waals surface area contributed by atoms with Gasteiger partial charge in [0.2, 0.25) is 11.9 Å². The van der Waals surface area contributed by atoms with Crippen LogP contribution in [0.3, 0.4) is 0 Å². The molecule has 7 heteroatoms. The van der Waals surface area contributed by atoms with Gasteiger partial charge in [-0.25, -0.2) is 9.50 Å². The van der Waals surface area contributed by atoms with Crippen LogP contribution in [0.25, 0.3) is 16.9 Å². The summed E-state index contributed by atoms with van der Waals surface area (Å²) in [6.07, 6.45) is 5.67. The third-order valence-corrected chi connectivity index (χ3v) is 4.87. The molecule has 1 aliphatic rings. The number of hydrogen-bond acceptors (Lipinski definition) is 4. The number of rotatable bonds is 6. The number of aromatic nitrogens is 4. The molecule has 3 heterocycles. The van der Waals surface area contributed by atoms with Crippen LogP contribution in [0, 0.1) is 5.92 Å². The van der Waals surface area contributed by atoms with E-state index in [0.29, 0.717) is 18.2 Å². The minimum Gasteiger partial charge on any atom is -0.489 e. The fourth-order valence-corrected chi connectivity index (χ4v) is 3.14. The molecule has 0 saturated heterocycles. The average molecular weight is 386 g/mol. The van der Waals surface area contributed by atoms with Gasteiger partial charge in [-0.05, 0) is 55.3 Å². The van der Waals surface area contributed by atoms with Crippen LogP contribution >= 0.6 is 0 Å². The molecule has 0 unspecified atom stereocenters. The lowest BCUT2D eigenvalue weighted by Gasteiger charge is -2.07. The predicted octanol–water partition coefficient (Wildman–Crippen LogP) is 3.14. The van der Waals surface area contributed by atoms with Gasteiger partial charge >= 0.3 is 0 Å². The fourth-order valence-electron chi connectivity index (χ4n) is 3.14. The summed E-state index contributed by atoms with van der Waals surface area (Å²) < 4.78 is 7.59. The second-order valence-corrected chi connectivity index (χ2v) is 7.10. The van der Waals surface area contributed by atoms with E-state index in [2.05, 4.69) is 20.4 Å². The van der Waals surface area contributed by atoms with Crippen molar-refractivity contribution in [2.24, 2.45) is 5.92 Å². The largest absolute Gasteiger partial charge is 0.489 e. The van der Waals surface area contributed by atoms with Crippen LogP contribution in [0.5, 0.6) is 5.75 Å². The molecule has 0 radical (unpaired) electrons. The zero-order chi connectivity index (χ0) is 19.6. The summed E-state index contributed by atoms with van der Waals surface area (Å²) in [5, 5.41) is 7.29. The first-order valence-corrected chi connectivity index (χ1v) is 9.61. The van der Waals surface area contributed by atoms with Gasteiger partial charge in [0.05, 0.1) is 11.3 Å². The summed E-state index contributed by atoms with van der Waals surface area (Å²) in [5.74, 6) is 1.25. The van der Waals surface area contributed by atoms with Crippen molar-refractivity contribution in [2.45, 2.75) is 19.4 Å². The molecule has 1 fully saturated rings. The van der Waals surface area contributed by atoms with E-state index in [1.807, 2.05) is 67.0 Å². The van der Waals surface area contributed by atoms with Crippen molar-refractivity contribution in [3.8, 4) is 17.0 Å². The molecule has 0 bridgehead atoms. The molecule has 1 aromatic carbocycles. The Morgan fingerprint density at radius 3 is 2.76 bits per heavy atom. The third kappa shape index (κ3) is 3.80. The number of pyridine rings is 2. The minimum atomic E-state index is -0.0000242. The number of amides is 1. The van der Waals surface area contributed by atoms with Crippen LogP contribution in [0.2, 0.25) is 0 Å². The molecule has 5 rings (SSSR count). The lowest BCUT2D eigenvalue weighted by Crippen LogP contribution is -2.14. The molecule has 1 amide bonds. The molecule has 0 spiro atoms. The van der Waals surface area contributed by atoms with Crippen LogP contribution in [-0.2, 0) is 11.4 Å². The first kappa shape index (κ1) is 17.4. The quantitative estimate of drug-likeness (QED) is 0.552. The van der Waals surface area contributed by atoms with Crippen molar-refractivity contribution >= 4 is 17.5 Å². The zero-order valence-electron chi connectivity index (χ0n) is 15.7. The van der Waals surface area contributed by atoms with Gasteiger partial charge < -0.3 is 4.74 Å². The SMILES string of the molecule is O=C(Nc1nc2cccc(-c3ccc(OCc4ccc[nH+]c4)cc3)n2n1)C1CC1. The number of ether oxygens (including phenoxy) is 1. The van der Waals surface area contributed by atoms with Crippen molar-refractivity contribution < 1.29 is 14.5 Å². The molecule has 4 aromatic rings. The molecule has 144 valence electrons. The Kier molecular flexibility index (Phi) is 4.40. The number of nitrogens with zero attached hydrogens (tertiary/aromatic N) is 3. The van der Waals surface area contributed by atoms with E-state index in [0.717, 1.165) is 35.4 Å². The molecular weight excluding hydrogens is 366 g/mol. The number of anilines is 1. The molecule has 3 aromatic heterocycles. The van der Waals surface area contributed by atoms with Crippen molar-refractivity contribution in [1.29, 1.82) is 0 Å². The highest BCUT2D eigenvalue weighted by molar-refractivity contribution is 5.92. The lowest BCUT2D eigenvalue weighted by molar-refractivity contribution is -0.378. The number of H-pyrrole nitrogens is 1. The number of fused-ring (bicyclic) bond motifs is 1. The minimum absolute atomic E-state index is 0.0000242. The Morgan fingerprint density at radius 2 is 2.00 bits per heavy atom. The van der Waals surface area contributed by atoms with Crippen molar-refractivity contribution in [3.63, 3.8) is 0 Å². The van der Waals surface area contributed by atoms with E-state index in [1.165, 1.54) is 0 Å². The van der Waals surface area contributed by atoms with Crippen LogP contribution < -0.4 is 15.0 Å². The van der Waals surface area contributed by atoms with Crippen LogP contribution in [-0.4, -0.2) is 20.5 Å². The van der Waals surface area contributed by atoms with Gasteiger partial charge in [-0.3, -0.25) is 10.1 Å². The molecular formula is C22H20N5O2+. The molecule has 7 nitrogen and oxygen atoms in total. The fraction of sp³-hybridized carbons (Fsp3) is 0.182. The summed E-state index contributed by atoms with van der Waals surface area (Å²) >= 11 is 0. The normalized spacial score (nSPS) is 13.4. The molecule has 1 aliphatic carbocycles. The molecule has 2 N–H and O–H groups in total. The first-order valence-electron chi connectivity index (χ1n) is 9.61. The second-order valence-electron chi connectivity index (χ2n) is 7.10. The highest BCUT2D eigenvalue weighted by Crippen LogP contribution is 2.30. The third-order valence-electron chi connectivity index (χ3n) is 4.87. The number of nitrogens with one attached hydrogen (secondary N) is 2. The Hall–Kier alpha value is -3.74. The Labute approximate surface area is 167 Å². The number of carbonyl (C=O) groups is 1. The van der Waals surface area contributed by atoms with Crippen LogP contribution in [0.15, 0.2) is 67.0 Å². The van der Waals surface area contributed by atoms with Gasteiger partial charge in [-0.1, -0.05) is 6.07 Å². The van der Waals surface area contributed by atoms with Gasteiger partial charge in [0.15, 0.2) is 18.0 Å². The van der Waals surface area contributed by atoms with E-state index in [-0.39, 0.29) is 11.8 Å². The second kappa shape index (κ2) is 7.35. The smallest absolute Gasteiger partial charge is 0.249 e. The Morgan fingerprint density at radius 1 is 1.14 bits per heavy atom. The van der Waals surface area contributed by atoms with Crippen molar-refractivity contribution in [3.05, 3.63) is 72.6 Å². The van der Waals surface area contributed by atoms with E-state index in [1.54, 1.807) is 4.52 Å². The highest BCUT2D eigenvalue weighted by Gasteiger charge is 2.30. The average Bonchev–Trinajstić information content (AvgIpc) is 3.53. The molecule has 0 aliphatic heterocycles. The molecule has 0 atom stereocenters. The summed E-state index contributed by atoms with van der Waals surface area (Å²) in [6, 6.07) is 17.6. The van der Waals surface area contributed by atoms with Gasteiger partial charge in [0.25, 0.3) is 0 Å². The maximum atomic E-state index is 12.0. The predicted molar refractivity (Wildman–Crippen MR) is 107 cm³/mol. The Bertz CT molecular complexity index is 1150. The van der Waals surface area contributed by atoms with Crippen molar-refractivity contribution in [2.75, 3.05) is 5.32 Å². The summed E-state index contributed by atoms with van der Waals surface area (Å²) in [5.41, 5.74) is 3.64. The molecule has 1 saturated carbocycles. The van der Waals surface area contributed by atoms with Crippen molar-refractivity contribution in [1.82, 2.24) is 14.6 Å². The van der Waals surface area contributed by atoms with Gasteiger partial charge in [0.1, 0.15) is 12.4 Å². The summed E-state index contributed by atoms with van der Waals surface area (Å²) in [6.45, 7) is 0.499. The standard InChI is InChI=1S/C22H19N5O2/c28-21(17-6-7-17)25-22-24-20-5-1-4-19(27(20)26-22)16-8-10-18(11-9-16)29-14-15-3-2-12-23-13-15/h1-5,8-13,17H,6-7,14H2,(H,25,26,28)/p+1. The Balaban J connectivity index is 1.35. The van der Waals surface area contributed by atoms with Crippen LogP contribution in [0.4, 0.5) is 5.95 Å². The number of hydrogen-bond donors (Lipinski definition) is 1. The van der Waals surface area contributed by atoms with E-state index >= 15 is 0 Å². The number of carbonyl (C=O) groups excluding carboxylic acids is 1. The zero-order valence-corrected chi connectivity index (χ0v) is 15.7. The highest BCUT2D eigenvalue weighted by atomic mass is 16.5. The monoisotopic (exact) mass is 386 g/mol. The van der Waals surface area contributed by atoms with E-state index < -0.39 is 0 Å². The number of aromatic amines is 1. The van der Waals surface area contributed by atoms with E-state index in [9.17, 15) is 4.79 Å². The van der Waals surface area contributed by atoms with Crippen LogP contribution in [0.1, 0.15) is 18.4 Å². The lowest BCUT2D eigenvalue weighted by atomic mass is 10.1. The first-order chi connectivity index (χ1) is 14.3.